The molecule has 1 aromatic rings. The van der Waals surface area contributed by atoms with Crippen LogP contribution in [0.1, 0.15) is 25.7 Å². The van der Waals surface area contributed by atoms with Crippen LogP contribution in [0.4, 0.5) is 5.69 Å². The van der Waals surface area contributed by atoms with E-state index in [1.807, 2.05) is 0 Å². The van der Waals surface area contributed by atoms with Gasteiger partial charge in [-0.05, 0) is 37.5 Å². The van der Waals surface area contributed by atoms with Crippen molar-refractivity contribution in [1.29, 1.82) is 0 Å². The Bertz CT molecular complexity index is 565. The number of nitrogens with one attached hydrogen (secondary N) is 2. The largest absolute Gasteiger partial charge is 0.380 e. The molecule has 2 aliphatic rings. The molecular formula is C18H25Cl2N3O2. The number of nitrogens with zero attached hydrogens (tertiary/aromatic N) is 1. The zero-order valence-electron chi connectivity index (χ0n) is 14.3. The van der Waals surface area contributed by atoms with Gasteiger partial charge in [0.05, 0.1) is 6.61 Å². The van der Waals surface area contributed by atoms with E-state index in [9.17, 15) is 4.79 Å². The molecule has 2 saturated heterocycles. The van der Waals surface area contributed by atoms with Crippen LogP contribution in [0.5, 0.6) is 0 Å². The molecule has 1 amide bonds. The zero-order valence-corrected chi connectivity index (χ0v) is 15.8. The number of ether oxygens (including phenoxy) is 1. The molecule has 3 rings (SSSR count). The fraction of sp³-hybridized carbons (Fsp3) is 0.611. The average molecular weight is 386 g/mol. The lowest BCUT2D eigenvalue weighted by atomic mass is 10.0. The van der Waals surface area contributed by atoms with Crippen molar-refractivity contribution in [3.05, 3.63) is 28.2 Å². The summed E-state index contributed by atoms with van der Waals surface area (Å²) < 4.78 is 5.47. The summed E-state index contributed by atoms with van der Waals surface area (Å²) in [5, 5.41) is 7.37. The number of likely N-dealkylation sites (tertiary alicyclic amines) is 1. The smallest absolute Gasteiger partial charge is 0.225 e. The third kappa shape index (κ3) is 5.83. The monoisotopic (exact) mass is 385 g/mol. The molecule has 7 heteroatoms. The van der Waals surface area contributed by atoms with Crippen molar-refractivity contribution in [2.75, 3.05) is 38.2 Å². The summed E-state index contributed by atoms with van der Waals surface area (Å²) in [6, 6.07) is 6.13. The van der Waals surface area contributed by atoms with E-state index in [0.29, 0.717) is 40.8 Å². The number of hydrogen-bond donors (Lipinski definition) is 2. The first-order valence-corrected chi connectivity index (χ1v) is 9.67. The number of benzene rings is 1. The summed E-state index contributed by atoms with van der Waals surface area (Å²) in [6.07, 6.45) is 3.84. The minimum absolute atomic E-state index is 0.0358. The molecular weight excluding hydrogens is 361 g/mol. The number of anilines is 1. The Morgan fingerprint density at radius 1 is 1.16 bits per heavy atom. The van der Waals surface area contributed by atoms with Crippen LogP contribution in [-0.4, -0.2) is 55.7 Å². The number of carbonyl (C=O) groups is 1. The van der Waals surface area contributed by atoms with Gasteiger partial charge < -0.3 is 15.4 Å². The topological polar surface area (TPSA) is 53.6 Å². The van der Waals surface area contributed by atoms with Gasteiger partial charge >= 0.3 is 0 Å². The maximum atomic E-state index is 12.0. The van der Waals surface area contributed by atoms with Crippen LogP contribution in [0.15, 0.2) is 18.2 Å². The lowest BCUT2D eigenvalue weighted by Crippen LogP contribution is -2.47. The van der Waals surface area contributed by atoms with E-state index >= 15 is 0 Å². The molecule has 0 saturated carbocycles. The fourth-order valence-corrected chi connectivity index (χ4v) is 4.04. The molecule has 25 heavy (non-hydrogen) atoms. The molecule has 2 heterocycles. The second-order valence-electron chi connectivity index (χ2n) is 6.74. The molecule has 0 aromatic heterocycles. The van der Waals surface area contributed by atoms with Crippen molar-refractivity contribution in [1.82, 2.24) is 10.2 Å². The van der Waals surface area contributed by atoms with E-state index in [-0.39, 0.29) is 5.91 Å². The average Bonchev–Trinajstić information content (AvgIpc) is 3.09. The molecule has 0 bridgehead atoms. The highest BCUT2D eigenvalue weighted by Crippen LogP contribution is 2.22. The normalized spacial score (nSPS) is 22.2. The van der Waals surface area contributed by atoms with Crippen LogP contribution in [0, 0.1) is 0 Å². The maximum absolute atomic E-state index is 12.0. The number of halogens is 2. The Morgan fingerprint density at radius 3 is 2.52 bits per heavy atom. The van der Waals surface area contributed by atoms with E-state index < -0.39 is 0 Å². The molecule has 1 aromatic carbocycles. The Kier molecular flexibility index (Phi) is 6.96. The quantitative estimate of drug-likeness (QED) is 0.789. The highest BCUT2D eigenvalue weighted by molar-refractivity contribution is 6.35. The highest BCUT2D eigenvalue weighted by Gasteiger charge is 2.27. The van der Waals surface area contributed by atoms with E-state index in [4.69, 9.17) is 27.9 Å². The molecule has 2 N–H and O–H groups in total. The Balaban J connectivity index is 1.33. The summed E-state index contributed by atoms with van der Waals surface area (Å²) >= 11 is 11.9. The molecule has 0 aliphatic carbocycles. The van der Waals surface area contributed by atoms with Gasteiger partial charge in [-0.1, -0.05) is 23.2 Å². The van der Waals surface area contributed by atoms with Gasteiger partial charge in [0.15, 0.2) is 0 Å². The number of carbonyl (C=O) groups excluding carboxylic acids is 1. The Labute approximate surface area is 159 Å². The summed E-state index contributed by atoms with van der Waals surface area (Å²) in [5.41, 5.74) is 0.634. The lowest BCUT2D eigenvalue weighted by molar-refractivity contribution is -0.116. The molecule has 0 spiro atoms. The van der Waals surface area contributed by atoms with Gasteiger partial charge in [0, 0.05) is 60.5 Å². The van der Waals surface area contributed by atoms with Gasteiger partial charge in [-0.3, -0.25) is 9.69 Å². The van der Waals surface area contributed by atoms with Gasteiger partial charge in [-0.25, -0.2) is 0 Å². The standard InChI is InChI=1S/C18H25Cl2N3O2/c19-13-9-14(20)11-16(10-13)22-18(24)1-5-21-15-2-6-23(7-3-15)17-4-8-25-12-17/h9-11,15,17,21H,1-8,12H2,(H,22,24)/t17-/m0/s1. The highest BCUT2D eigenvalue weighted by atomic mass is 35.5. The van der Waals surface area contributed by atoms with Gasteiger partial charge in [0.1, 0.15) is 0 Å². The molecule has 2 aliphatic heterocycles. The predicted octanol–water partition coefficient (Wildman–Crippen LogP) is 3.16. The first kappa shape index (κ1) is 18.9. The summed E-state index contributed by atoms with van der Waals surface area (Å²) in [7, 11) is 0. The third-order valence-corrected chi connectivity index (χ3v) is 5.32. The second kappa shape index (κ2) is 9.19. The summed E-state index contributed by atoms with van der Waals surface area (Å²) in [5.74, 6) is -0.0358. The minimum Gasteiger partial charge on any atom is -0.380 e. The predicted molar refractivity (Wildman–Crippen MR) is 102 cm³/mol. The van der Waals surface area contributed by atoms with Crippen molar-refractivity contribution in [3.63, 3.8) is 0 Å². The van der Waals surface area contributed by atoms with Crippen LogP contribution < -0.4 is 10.6 Å². The van der Waals surface area contributed by atoms with E-state index in [1.54, 1.807) is 18.2 Å². The molecule has 138 valence electrons. The fourth-order valence-electron chi connectivity index (χ4n) is 3.52. The first-order valence-electron chi connectivity index (χ1n) is 8.91. The van der Waals surface area contributed by atoms with E-state index in [0.717, 1.165) is 45.6 Å². The van der Waals surface area contributed by atoms with Crippen LogP contribution in [0.3, 0.4) is 0 Å². The van der Waals surface area contributed by atoms with Crippen LogP contribution in [-0.2, 0) is 9.53 Å². The van der Waals surface area contributed by atoms with Crippen molar-refractivity contribution >= 4 is 34.8 Å². The summed E-state index contributed by atoms with van der Waals surface area (Å²) in [6.45, 7) is 4.68. The number of rotatable bonds is 6. The molecule has 0 unspecified atom stereocenters. The lowest BCUT2D eigenvalue weighted by Gasteiger charge is -2.35. The number of amides is 1. The van der Waals surface area contributed by atoms with Gasteiger partial charge in [-0.15, -0.1) is 0 Å². The van der Waals surface area contributed by atoms with Crippen LogP contribution in [0.2, 0.25) is 10.0 Å². The van der Waals surface area contributed by atoms with Crippen LogP contribution >= 0.6 is 23.2 Å². The molecule has 1 atom stereocenters. The molecule has 5 nitrogen and oxygen atoms in total. The second-order valence-corrected chi connectivity index (χ2v) is 7.61. The SMILES string of the molecule is O=C(CCNC1CCN([C@H]2CCOC2)CC1)Nc1cc(Cl)cc(Cl)c1. The van der Waals surface area contributed by atoms with E-state index in [1.165, 1.54) is 0 Å². The molecule has 2 fully saturated rings. The van der Waals surface area contributed by atoms with Crippen molar-refractivity contribution < 1.29 is 9.53 Å². The van der Waals surface area contributed by atoms with Crippen LogP contribution in [0.25, 0.3) is 0 Å². The van der Waals surface area contributed by atoms with Gasteiger partial charge in [0.25, 0.3) is 0 Å². The first-order chi connectivity index (χ1) is 12.1. The zero-order chi connectivity index (χ0) is 17.6. The maximum Gasteiger partial charge on any atom is 0.225 e. The van der Waals surface area contributed by atoms with E-state index in [2.05, 4.69) is 15.5 Å². The minimum atomic E-state index is -0.0358. The third-order valence-electron chi connectivity index (χ3n) is 4.88. The van der Waals surface area contributed by atoms with Crippen molar-refractivity contribution in [2.24, 2.45) is 0 Å². The van der Waals surface area contributed by atoms with Crippen molar-refractivity contribution in [2.45, 2.75) is 37.8 Å². The Hall–Kier alpha value is -0.850. The summed E-state index contributed by atoms with van der Waals surface area (Å²) in [4.78, 5) is 14.6. The molecule has 0 radical (unpaired) electrons. The van der Waals surface area contributed by atoms with Gasteiger partial charge in [0.2, 0.25) is 5.91 Å². The number of hydrogen-bond acceptors (Lipinski definition) is 4. The van der Waals surface area contributed by atoms with Gasteiger partial charge in [-0.2, -0.15) is 0 Å². The number of piperidine rings is 1. The van der Waals surface area contributed by atoms with Crippen molar-refractivity contribution in [3.8, 4) is 0 Å². The Morgan fingerprint density at radius 2 is 1.88 bits per heavy atom.